The largest absolute Gasteiger partial charge is 0.465 e. The number of methoxy groups -OCH3 is 1. The number of nitrogens with two attached hydrogens (primary N) is 1. The fourth-order valence-electron chi connectivity index (χ4n) is 0.770. The molecule has 6 heteroatoms. The van der Waals surface area contributed by atoms with E-state index in [0.29, 0.717) is 5.69 Å². The molecule has 0 amide bonds. The second-order valence-corrected chi connectivity index (χ2v) is 2.59. The molecule has 2 N–H and O–H groups in total. The Morgan fingerprint density at radius 1 is 1.69 bits per heavy atom. The summed E-state index contributed by atoms with van der Waals surface area (Å²) in [6.07, 6.45) is 0. The Morgan fingerprint density at radius 3 is 2.92 bits per heavy atom. The Labute approximate surface area is 79.9 Å². The number of halogens is 1. The third-order valence-corrected chi connectivity index (χ3v) is 1.69. The Balaban J connectivity index is 3.11. The van der Waals surface area contributed by atoms with Gasteiger partial charge < -0.3 is 10.5 Å². The monoisotopic (exact) mass is 201 g/mol. The molecular weight excluding hydrogens is 194 g/mol. The van der Waals surface area contributed by atoms with Crippen molar-refractivity contribution < 1.29 is 9.53 Å². The third kappa shape index (κ3) is 2.13. The topological polar surface area (TPSA) is 78.1 Å². The van der Waals surface area contributed by atoms with Gasteiger partial charge in [0.25, 0.3) is 0 Å². The summed E-state index contributed by atoms with van der Waals surface area (Å²) in [7, 11) is 1.27. The maximum Gasteiger partial charge on any atom is 0.341 e. The molecule has 0 aromatic carbocycles. The maximum absolute atomic E-state index is 11.1. The molecule has 1 rings (SSSR count). The number of aromatic nitrogens is 2. The lowest BCUT2D eigenvalue weighted by atomic mass is 10.2. The summed E-state index contributed by atoms with van der Waals surface area (Å²) in [6, 6.07) is 1.46. The van der Waals surface area contributed by atoms with Gasteiger partial charge in [-0.2, -0.15) is 5.10 Å². The van der Waals surface area contributed by atoms with E-state index in [4.69, 9.17) is 17.3 Å². The minimum atomic E-state index is -0.547. The summed E-state index contributed by atoms with van der Waals surface area (Å²) in [4.78, 5) is 11.1. The lowest BCUT2D eigenvalue weighted by Crippen LogP contribution is -2.08. The first-order chi connectivity index (χ1) is 6.19. The normalized spacial score (nSPS) is 9.77. The van der Waals surface area contributed by atoms with Crippen molar-refractivity contribution in [2.24, 2.45) is 5.73 Å². The first kappa shape index (κ1) is 9.88. The smallest absolute Gasteiger partial charge is 0.341 e. The number of hydrogen-bond acceptors (Lipinski definition) is 5. The molecule has 0 radical (unpaired) electrons. The van der Waals surface area contributed by atoms with Crippen LogP contribution in [-0.2, 0) is 11.3 Å². The van der Waals surface area contributed by atoms with Crippen molar-refractivity contribution in [1.29, 1.82) is 0 Å². The van der Waals surface area contributed by atoms with Gasteiger partial charge in [0.05, 0.1) is 12.8 Å². The van der Waals surface area contributed by atoms with Crippen LogP contribution in [0.25, 0.3) is 0 Å². The minimum Gasteiger partial charge on any atom is -0.465 e. The molecule has 0 aliphatic carbocycles. The highest BCUT2D eigenvalue weighted by Crippen LogP contribution is 2.13. The molecule has 13 heavy (non-hydrogen) atoms. The Kier molecular flexibility index (Phi) is 3.16. The van der Waals surface area contributed by atoms with Crippen LogP contribution < -0.4 is 5.73 Å². The van der Waals surface area contributed by atoms with Crippen molar-refractivity contribution in [3.63, 3.8) is 0 Å². The fraction of sp³-hybridized carbons (Fsp3) is 0.286. The van der Waals surface area contributed by atoms with Crippen LogP contribution in [0.2, 0.25) is 5.15 Å². The van der Waals surface area contributed by atoms with Gasteiger partial charge in [-0.25, -0.2) is 4.79 Å². The lowest BCUT2D eigenvalue weighted by molar-refractivity contribution is 0.0600. The van der Waals surface area contributed by atoms with E-state index in [9.17, 15) is 4.79 Å². The van der Waals surface area contributed by atoms with Crippen molar-refractivity contribution >= 4 is 17.6 Å². The zero-order chi connectivity index (χ0) is 9.84. The van der Waals surface area contributed by atoms with Crippen LogP contribution in [-0.4, -0.2) is 23.3 Å². The van der Waals surface area contributed by atoms with Crippen LogP contribution in [0, 0.1) is 0 Å². The second kappa shape index (κ2) is 4.15. The van der Waals surface area contributed by atoms with Gasteiger partial charge in [0, 0.05) is 6.54 Å². The quantitative estimate of drug-likeness (QED) is 0.700. The minimum absolute atomic E-state index is 0.0176. The molecule has 5 nitrogen and oxygen atoms in total. The predicted octanol–water partition coefficient (Wildman–Crippen LogP) is 0.375. The molecule has 0 bridgehead atoms. The van der Waals surface area contributed by atoms with Gasteiger partial charge >= 0.3 is 5.97 Å². The van der Waals surface area contributed by atoms with E-state index in [2.05, 4.69) is 14.9 Å². The van der Waals surface area contributed by atoms with Crippen molar-refractivity contribution in [1.82, 2.24) is 10.2 Å². The molecule has 1 aromatic heterocycles. The van der Waals surface area contributed by atoms with E-state index >= 15 is 0 Å². The van der Waals surface area contributed by atoms with Gasteiger partial charge in [-0.05, 0) is 6.07 Å². The van der Waals surface area contributed by atoms with Gasteiger partial charge in [-0.3, -0.25) is 0 Å². The van der Waals surface area contributed by atoms with Crippen LogP contribution in [0.15, 0.2) is 6.07 Å². The Morgan fingerprint density at radius 2 is 2.38 bits per heavy atom. The SMILES string of the molecule is COC(=O)c1cc(CN)nnc1Cl. The maximum atomic E-state index is 11.1. The second-order valence-electron chi connectivity index (χ2n) is 2.24. The lowest BCUT2D eigenvalue weighted by Gasteiger charge is -2.01. The molecule has 1 heterocycles. The van der Waals surface area contributed by atoms with E-state index < -0.39 is 5.97 Å². The highest BCUT2D eigenvalue weighted by atomic mass is 35.5. The number of ether oxygens (including phenoxy) is 1. The van der Waals surface area contributed by atoms with Crippen LogP contribution in [0.1, 0.15) is 16.1 Å². The standard InChI is InChI=1S/C7H8ClN3O2/c1-13-7(12)5-2-4(3-9)10-11-6(5)8/h2H,3,9H2,1H3. The summed E-state index contributed by atoms with van der Waals surface area (Å²) >= 11 is 5.61. The van der Waals surface area contributed by atoms with E-state index in [-0.39, 0.29) is 17.3 Å². The van der Waals surface area contributed by atoms with Crippen molar-refractivity contribution in [3.8, 4) is 0 Å². The van der Waals surface area contributed by atoms with E-state index in [1.807, 2.05) is 0 Å². The zero-order valence-electron chi connectivity index (χ0n) is 6.95. The van der Waals surface area contributed by atoms with Crippen LogP contribution in [0.5, 0.6) is 0 Å². The van der Waals surface area contributed by atoms with Gasteiger partial charge in [-0.15, -0.1) is 5.10 Å². The third-order valence-electron chi connectivity index (χ3n) is 1.41. The Hall–Kier alpha value is -1.20. The fourth-order valence-corrected chi connectivity index (χ4v) is 0.939. The first-order valence-corrected chi connectivity index (χ1v) is 3.87. The summed E-state index contributed by atoms with van der Waals surface area (Å²) in [5, 5.41) is 7.23. The molecule has 0 aliphatic heterocycles. The van der Waals surface area contributed by atoms with Crippen LogP contribution in [0.3, 0.4) is 0 Å². The summed E-state index contributed by atoms with van der Waals surface area (Å²) in [6.45, 7) is 0.203. The molecule has 70 valence electrons. The Bertz CT molecular complexity index is 330. The van der Waals surface area contributed by atoms with E-state index in [1.54, 1.807) is 0 Å². The average molecular weight is 202 g/mol. The summed E-state index contributed by atoms with van der Waals surface area (Å²) in [5.74, 6) is -0.547. The number of esters is 1. The van der Waals surface area contributed by atoms with Gasteiger partial charge in [0.2, 0.25) is 0 Å². The molecule has 0 fully saturated rings. The highest BCUT2D eigenvalue weighted by Gasteiger charge is 2.12. The van der Waals surface area contributed by atoms with E-state index in [1.165, 1.54) is 13.2 Å². The van der Waals surface area contributed by atoms with Crippen LogP contribution >= 0.6 is 11.6 Å². The molecule has 0 atom stereocenters. The predicted molar refractivity (Wildman–Crippen MR) is 46.3 cm³/mol. The molecule has 0 aliphatic rings. The number of rotatable bonds is 2. The molecule has 0 spiro atoms. The number of carbonyl (C=O) groups is 1. The summed E-state index contributed by atoms with van der Waals surface area (Å²) in [5.41, 5.74) is 5.98. The van der Waals surface area contributed by atoms with Crippen molar-refractivity contribution in [2.45, 2.75) is 6.54 Å². The molecule has 0 saturated carbocycles. The van der Waals surface area contributed by atoms with Gasteiger partial charge in [0.15, 0.2) is 5.15 Å². The van der Waals surface area contributed by atoms with Gasteiger partial charge in [0.1, 0.15) is 5.56 Å². The number of hydrogen-bond donors (Lipinski definition) is 1. The highest BCUT2D eigenvalue weighted by molar-refractivity contribution is 6.32. The molecule has 0 unspecified atom stereocenters. The zero-order valence-corrected chi connectivity index (χ0v) is 7.71. The van der Waals surface area contributed by atoms with Crippen molar-refractivity contribution in [3.05, 3.63) is 22.5 Å². The van der Waals surface area contributed by atoms with E-state index in [0.717, 1.165) is 0 Å². The molecular formula is C7H8ClN3O2. The van der Waals surface area contributed by atoms with Crippen molar-refractivity contribution in [2.75, 3.05) is 7.11 Å². The molecule has 1 aromatic rings. The van der Waals surface area contributed by atoms with Gasteiger partial charge in [-0.1, -0.05) is 11.6 Å². The number of nitrogens with zero attached hydrogens (tertiary/aromatic N) is 2. The first-order valence-electron chi connectivity index (χ1n) is 3.49. The number of carbonyl (C=O) groups excluding carboxylic acids is 1. The summed E-state index contributed by atoms with van der Waals surface area (Å²) < 4.78 is 4.48. The molecule has 0 saturated heterocycles. The van der Waals surface area contributed by atoms with Crippen LogP contribution in [0.4, 0.5) is 0 Å². The average Bonchev–Trinajstić information content (AvgIpc) is 2.17.